The van der Waals surface area contributed by atoms with Gasteiger partial charge in [0.1, 0.15) is 5.82 Å². The average molecular weight is 409 g/mol. The van der Waals surface area contributed by atoms with Crippen molar-refractivity contribution in [3.8, 4) is 0 Å². The van der Waals surface area contributed by atoms with Crippen molar-refractivity contribution in [2.24, 2.45) is 5.92 Å². The number of hydrogen-bond acceptors (Lipinski definition) is 3. The third-order valence-corrected chi connectivity index (χ3v) is 5.04. The maximum Gasteiger partial charge on any atom is 0.230 e. The molecule has 1 unspecified atom stereocenters. The highest BCUT2D eigenvalue weighted by atomic mass is 79.9. The Morgan fingerprint density at radius 3 is 2.83 bits per heavy atom. The molecule has 7 heteroatoms. The number of rotatable bonds is 3. The largest absolute Gasteiger partial charge is 0.312 e. The molecule has 1 aromatic heterocycles. The van der Waals surface area contributed by atoms with Gasteiger partial charge in [-0.3, -0.25) is 9.59 Å². The second-order valence-corrected chi connectivity index (χ2v) is 6.98. The molecular weight excluding hydrogens is 394 g/mol. The highest BCUT2D eigenvalue weighted by molar-refractivity contribution is 9.10. The Kier molecular flexibility index (Phi) is 4.87. The standard InChI is InChI=1S/C17H15BrClN3O2/c1-10-6-13(3-4-14(10)18)22-9-11(7-16(22)23)17(24)21-15-5-2-12(19)8-20-15/h2-6,8,11H,7,9H2,1H3,(H,20,21,24). The number of nitrogens with zero attached hydrogens (tertiary/aromatic N) is 2. The van der Waals surface area contributed by atoms with Gasteiger partial charge < -0.3 is 10.2 Å². The van der Waals surface area contributed by atoms with Crippen LogP contribution in [0.3, 0.4) is 0 Å². The van der Waals surface area contributed by atoms with E-state index < -0.39 is 5.92 Å². The molecule has 0 aliphatic carbocycles. The number of hydrogen-bond donors (Lipinski definition) is 1. The van der Waals surface area contributed by atoms with E-state index in [-0.39, 0.29) is 18.2 Å². The maximum absolute atomic E-state index is 12.4. The van der Waals surface area contributed by atoms with E-state index in [2.05, 4.69) is 26.2 Å². The van der Waals surface area contributed by atoms with Crippen LogP contribution in [0.2, 0.25) is 5.02 Å². The quantitative estimate of drug-likeness (QED) is 0.840. The van der Waals surface area contributed by atoms with Gasteiger partial charge in [-0.2, -0.15) is 0 Å². The van der Waals surface area contributed by atoms with Crippen LogP contribution in [-0.4, -0.2) is 23.3 Å². The average Bonchev–Trinajstić information content (AvgIpc) is 2.94. The summed E-state index contributed by atoms with van der Waals surface area (Å²) in [6.07, 6.45) is 1.66. The fraction of sp³-hybridized carbons (Fsp3) is 0.235. The molecule has 0 radical (unpaired) electrons. The van der Waals surface area contributed by atoms with Gasteiger partial charge in [0.2, 0.25) is 11.8 Å². The summed E-state index contributed by atoms with van der Waals surface area (Å²) < 4.78 is 0.987. The minimum absolute atomic E-state index is 0.0547. The summed E-state index contributed by atoms with van der Waals surface area (Å²) in [7, 11) is 0. The normalized spacial score (nSPS) is 17.2. The van der Waals surface area contributed by atoms with Gasteiger partial charge >= 0.3 is 0 Å². The number of anilines is 2. The number of pyridine rings is 1. The molecule has 2 aromatic rings. The van der Waals surface area contributed by atoms with E-state index in [1.54, 1.807) is 17.0 Å². The topological polar surface area (TPSA) is 62.3 Å². The summed E-state index contributed by atoms with van der Waals surface area (Å²) in [5.74, 6) is -0.246. The van der Waals surface area contributed by atoms with Crippen LogP contribution in [0.1, 0.15) is 12.0 Å². The van der Waals surface area contributed by atoms with Crippen LogP contribution >= 0.6 is 27.5 Å². The first-order chi connectivity index (χ1) is 11.4. The van der Waals surface area contributed by atoms with Gasteiger partial charge in [-0.05, 0) is 42.8 Å². The number of nitrogens with one attached hydrogen (secondary N) is 1. The van der Waals surface area contributed by atoms with Crippen molar-refractivity contribution in [1.29, 1.82) is 0 Å². The van der Waals surface area contributed by atoms with Crippen molar-refractivity contribution in [1.82, 2.24) is 4.98 Å². The molecule has 1 fully saturated rings. The summed E-state index contributed by atoms with van der Waals surface area (Å²) in [4.78, 5) is 30.3. The zero-order chi connectivity index (χ0) is 17.3. The summed E-state index contributed by atoms with van der Waals surface area (Å²) in [6, 6.07) is 9.00. The van der Waals surface area contributed by atoms with Crippen molar-refractivity contribution in [3.63, 3.8) is 0 Å². The van der Waals surface area contributed by atoms with Crippen LogP contribution in [0.25, 0.3) is 0 Å². The van der Waals surface area contributed by atoms with E-state index in [9.17, 15) is 9.59 Å². The van der Waals surface area contributed by atoms with Crippen LogP contribution in [0.15, 0.2) is 41.0 Å². The van der Waals surface area contributed by atoms with Gasteiger partial charge in [-0.25, -0.2) is 4.98 Å². The summed E-state index contributed by atoms with van der Waals surface area (Å²) in [6.45, 7) is 2.32. The van der Waals surface area contributed by atoms with Crippen LogP contribution in [0.4, 0.5) is 11.5 Å². The Bertz CT molecular complexity index is 795. The first kappa shape index (κ1) is 16.9. The lowest BCUT2D eigenvalue weighted by Gasteiger charge is -2.17. The van der Waals surface area contributed by atoms with Gasteiger partial charge in [0.05, 0.1) is 10.9 Å². The molecule has 2 amide bonds. The maximum atomic E-state index is 12.4. The molecule has 2 heterocycles. The van der Waals surface area contributed by atoms with Crippen molar-refractivity contribution in [3.05, 3.63) is 51.6 Å². The third kappa shape index (κ3) is 3.60. The Morgan fingerprint density at radius 2 is 2.17 bits per heavy atom. The SMILES string of the molecule is Cc1cc(N2CC(C(=O)Nc3ccc(Cl)cn3)CC2=O)ccc1Br. The van der Waals surface area contributed by atoms with Gasteiger partial charge in [0.15, 0.2) is 0 Å². The number of aromatic nitrogens is 1. The van der Waals surface area contributed by atoms with Crippen molar-refractivity contribution in [2.45, 2.75) is 13.3 Å². The molecule has 3 rings (SSSR count). The number of aryl methyl sites for hydroxylation is 1. The number of carbonyl (C=O) groups is 2. The van der Waals surface area contributed by atoms with Gasteiger partial charge in [-0.1, -0.05) is 27.5 Å². The van der Waals surface area contributed by atoms with Crippen molar-refractivity contribution >= 4 is 50.9 Å². The van der Waals surface area contributed by atoms with E-state index in [1.807, 2.05) is 25.1 Å². The molecule has 1 aromatic carbocycles. The summed E-state index contributed by atoms with van der Waals surface area (Å²) in [5, 5.41) is 3.23. The number of carbonyl (C=O) groups excluding carboxylic acids is 2. The zero-order valence-electron chi connectivity index (χ0n) is 12.9. The molecule has 124 valence electrons. The van der Waals surface area contributed by atoms with E-state index in [0.29, 0.717) is 17.4 Å². The lowest BCUT2D eigenvalue weighted by atomic mass is 10.1. The first-order valence-corrected chi connectivity index (χ1v) is 8.60. The summed E-state index contributed by atoms with van der Waals surface area (Å²) in [5.41, 5.74) is 1.85. The van der Waals surface area contributed by atoms with Gasteiger partial charge in [0.25, 0.3) is 0 Å². The first-order valence-electron chi connectivity index (χ1n) is 7.43. The van der Waals surface area contributed by atoms with E-state index in [4.69, 9.17) is 11.6 Å². The molecule has 1 N–H and O–H groups in total. The minimum Gasteiger partial charge on any atom is -0.312 e. The number of amides is 2. The Morgan fingerprint density at radius 1 is 1.38 bits per heavy atom. The molecule has 1 atom stereocenters. The van der Waals surface area contributed by atoms with E-state index in [1.165, 1.54) is 6.20 Å². The second-order valence-electron chi connectivity index (χ2n) is 5.69. The Labute approximate surface area is 153 Å². The highest BCUT2D eigenvalue weighted by Crippen LogP contribution is 2.29. The van der Waals surface area contributed by atoms with Crippen LogP contribution in [-0.2, 0) is 9.59 Å². The van der Waals surface area contributed by atoms with Crippen LogP contribution in [0.5, 0.6) is 0 Å². The number of benzene rings is 1. The predicted octanol–water partition coefficient (Wildman–Crippen LogP) is 3.80. The van der Waals surface area contributed by atoms with E-state index >= 15 is 0 Å². The fourth-order valence-corrected chi connectivity index (χ4v) is 2.97. The fourth-order valence-electron chi connectivity index (χ4n) is 2.61. The minimum atomic E-state index is -0.404. The predicted molar refractivity (Wildman–Crippen MR) is 97.2 cm³/mol. The molecule has 0 saturated carbocycles. The Balaban J connectivity index is 1.70. The van der Waals surface area contributed by atoms with Crippen molar-refractivity contribution < 1.29 is 9.59 Å². The molecule has 0 spiro atoms. The van der Waals surface area contributed by atoms with Crippen molar-refractivity contribution in [2.75, 3.05) is 16.8 Å². The number of halogens is 2. The smallest absolute Gasteiger partial charge is 0.230 e. The lowest BCUT2D eigenvalue weighted by molar-refractivity contribution is -0.122. The van der Waals surface area contributed by atoms with Gasteiger partial charge in [-0.15, -0.1) is 0 Å². The van der Waals surface area contributed by atoms with Crippen LogP contribution < -0.4 is 10.2 Å². The molecule has 1 aliphatic heterocycles. The highest BCUT2D eigenvalue weighted by Gasteiger charge is 2.35. The zero-order valence-corrected chi connectivity index (χ0v) is 15.3. The van der Waals surface area contributed by atoms with Gasteiger partial charge in [0, 0.05) is 29.3 Å². The second kappa shape index (κ2) is 6.91. The molecule has 1 aliphatic rings. The summed E-state index contributed by atoms with van der Waals surface area (Å²) >= 11 is 9.22. The molecular formula is C17H15BrClN3O2. The lowest BCUT2D eigenvalue weighted by Crippen LogP contribution is -2.28. The van der Waals surface area contributed by atoms with Crippen LogP contribution in [0, 0.1) is 12.8 Å². The molecule has 1 saturated heterocycles. The third-order valence-electron chi connectivity index (χ3n) is 3.93. The Hall–Kier alpha value is -1.92. The van der Waals surface area contributed by atoms with E-state index in [0.717, 1.165) is 15.7 Å². The molecule has 0 bridgehead atoms. The monoisotopic (exact) mass is 407 g/mol. The molecule has 5 nitrogen and oxygen atoms in total. The molecule has 24 heavy (non-hydrogen) atoms.